The molecule has 0 spiro atoms. The summed E-state index contributed by atoms with van der Waals surface area (Å²) in [6.07, 6.45) is 1.96. The zero-order valence-corrected chi connectivity index (χ0v) is 16.1. The molecule has 0 aliphatic heterocycles. The van der Waals surface area contributed by atoms with Crippen molar-refractivity contribution in [3.05, 3.63) is 53.1 Å². The first kappa shape index (κ1) is 17.7. The summed E-state index contributed by atoms with van der Waals surface area (Å²) in [5.41, 5.74) is 11.1. The van der Waals surface area contributed by atoms with Crippen LogP contribution in [0.2, 0.25) is 0 Å². The van der Waals surface area contributed by atoms with Crippen LogP contribution >= 0.6 is 11.5 Å². The van der Waals surface area contributed by atoms with E-state index in [1.807, 2.05) is 32.0 Å². The lowest BCUT2D eigenvalue weighted by Crippen LogP contribution is -2.06. The Bertz CT molecular complexity index is 1030. The van der Waals surface area contributed by atoms with E-state index in [0.29, 0.717) is 17.1 Å². The lowest BCUT2D eigenvalue weighted by atomic mass is 10.0. The Labute approximate surface area is 162 Å². The van der Waals surface area contributed by atoms with Gasteiger partial charge in [-0.15, -0.1) is 0 Å². The standard InChI is InChI=1S/C21H20N4OS/c1-12(2)26-19-9-6-13(10-14(19)11-22)20-24-21(27-25-20)17-5-3-4-16-15(17)7-8-18(16)23/h3-6,9-10,12,18H,7-8,23H2,1-2H3. The van der Waals surface area contributed by atoms with Crippen molar-refractivity contribution in [3.63, 3.8) is 0 Å². The number of fused-ring (bicyclic) bond motifs is 1. The van der Waals surface area contributed by atoms with Gasteiger partial charge in [0, 0.05) is 17.2 Å². The third kappa shape index (κ3) is 3.32. The van der Waals surface area contributed by atoms with Gasteiger partial charge in [0.15, 0.2) is 5.82 Å². The van der Waals surface area contributed by atoms with Crippen molar-refractivity contribution in [2.75, 3.05) is 0 Å². The largest absolute Gasteiger partial charge is 0.490 e. The summed E-state index contributed by atoms with van der Waals surface area (Å²) < 4.78 is 10.2. The normalized spacial score (nSPS) is 15.6. The first-order valence-electron chi connectivity index (χ1n) is 8.99. The van der Waals surface area contributed by atoms with E-state index in [2.05, 4.69) is 22.6 Å². The van der Waals surface area contributed by atoms with Crippen LogP contribution in [0.3, 0.4) is 0 Å². The molecule has 0 saturated carbocycles. The summed E-state index contributed by atoms with van der Waals surface area (Å²) in [7, 11) is 0. The van der Waals surface area contributed by atoms with Gasteiger partial charge in [-0.2, -0.15) is 9.64 Å². The van der Waals surface area contributed by atoms with Crippen molar-refractivity contribution in [1.29, 1.82) is 5.26 Å². The average Bonchev–Trinajstić information content (AvgIpc) is 3.29. The third-order valence-electron chi connectivity index (χ3n) is 4.69. The van der Waals surface area contributed by atoms with E-state index in [1.165, 1.54) is 22.7 Å². The molecule has 4 rings (SSSR count). The van der Waals surface area contributed by atoms with Gasteiger partial charge in [-0.3, -0.25) is 0 Å². The maximum Gasteiger partial charge on any atom is 0.173 e. The highest BCUT2D eigenvalue weighted by Gasteiger charge is 2.23. The lowest BCUT2D eigenvalue weighted by molar-refractivity contribution is 0.242. The number of hydrogen-bond acceptors (Lipinski definition) is 6. The van der Waals surface area contributed by atoms with Gasteiger partial charge in [0.1, 0.15) is 16.8 Å². The van der Waals surface area contributed by atoms with Gasteiger partial charge in [-0.25, -0.2) is 4.98 Å². The van der Waals surface area contributed by atoms with Crippen molar-refractivity contribution < 1.29 is 4.74 Å². The van der Waals surface area contributed by atoms with Crippen LogP contribution in [0.1, 0.15) is 43.0 Å². The second kappa shape index (κ2) is 7.10. The van der Waals surface area contributed by atoms with Gasteiger partial charge in [-0.05, 0) is 67.5 Å². The van der Waals surface area contributed by atoms with E-state index in [0.717, 1.165) is 29.0 Å². The Morgan fingerprint density at radius 2 is 2.15 bits per heavy atom. The molecule has 27 heavy (non-hydrogen) atoms. The first-order valence-corrected chi connectivity index (χ1v) is 9.76. The minimum atomic E-state index is 0.0125. The number of rotatable bonds is 4. The van der Waals surface area contributed by atoms with Crippen molar-refractivity contribution >= 4 is 11.5 Å². The fourth-order valence-corrected chi connectivity index (χ4v) is 4.19. The fourth-order valence-electron chi connectivity index (χ4n) is 3.45. The quantitative estimate of drug-likeness (QED) is 0.726. The van der Waals surface area contributed by atoms with Crippen molar-refractivity contribution in [2.24, 2.45) is 5.73 Å². The van der Waals surface area contributed by atoms with E-state index in [9.17, 15) is 5.26 Å². The Balaban J connectivity index is 1.69. The maximum absolute atomic E-state index is 9.44. The molecular formula is C21H20N4OS. The summed E-state index contributed by atoms with van der Waals surface area (Å²) in [6, 6.07) is 14.0. The van der Waals surface area contributed by atoms with Gasteiger partial charge >= 0.3 is 0 Å². The maximum atomic E-state index is 9.44. The van der Waals surface area contributed by atoms with Crippen LogP contribution in [-0.2, 0) is 6.42 Å². The lowest BCUT2D eigenvalue weighted by Gasteiger charge is -2.11. The molecule has 2 aromatic carbocycles. The van der Waals surface area contributed by atoms with Crippen LogP contribution in [0.4, 0.5) is 0 Å². The van der Waals surface area contributed by atoms with Crippen LogP contribution in [0.5, 0.6) is 5.75 Å². The molecule has 6 heteroatoms. The zero-order valence-electron chi connectivity index (χ0n) is 15.3. The Morgan fingerprint density at radius 3 is 2.93 bits per heavy atom. The predicted octanol–water partition coefficient (Wildman–Crippen LogP) is 4.48. The minimum absolute atomic E-state index is 0.0125. The number of aromatic nitrogens is 2. The second-order valence-electron chi connectivity index (χ2n) is 6.93. The minimum Gasteiger partial charge on any atom is -0.490 e. The van der Waals surface area contributed by atoms with Crippen LogP contribution in [-0.4, -0.2) is 15.5 Å². The molecule has 0 amide bonds. The van der Waals surface area contributed by atoms with Gasteiger partial charge in [0.05, 0.1) is 11.7 Å². The number of hydrogen-bond donors (Lipinski definition) is 1. The van der Waals surface area contributed by atoms with Gasteiger partial charge in [0.2, 0.25) is 0 Å². The molecule has 2 N–H and O–H groups in total. The first-order chi connectivity index (χ1) is 13.1. The molecule has 136 valence electrons. The molecule has 1 aliphatic carbocycles. The van der Waals surface area contributed by atoms with Gasteiger partial charge in [-0.1, -0.05) is 18.2 Å². The summed E-state index contributed by atoms with van der Waals surface area (Å²) in [5, 5.41) is 10.3. The monoisotopic (exact) mass is 376 g/mol. The van der Waals surface area contributed by atoms with Gasteiger partial charge in [0.25, 0.3) is 0 Å². The van der Waals surface area contributed by atoms with Gasteiger partial charge < -0.3 is 10.5 Å². The van der Waals surface area contributed by atoms with Crippen LogP contribution < -0.4 is 10.5 Å². The Kier molecular flexibility index (Phi) is 4.65. The topological polar surface area (TPSA) is 84.8 Å². The highest BCUT2D eigenvalue weighted by molar-refractivity contribution is 7.09. The zero-order chi connectivity index (χ0) is 19.0. The van der Waals surface area contributed by atoms with Crippen LogP contribution in [0, 0.1) is 11.3 Å². The molecule has 1 atom stereocenters. The van der Waals surface area contributed by atoms with Crippen molar-refractivity contribution in [3.8, 4) is 33.8 Å². The number of benzene rings is 2. The van der Waals surface area contributed by atoms with E-state index < -0.39 is 0 Å². The van der Waals surface area contributed by atoms with Crippen molar-refractivity contribution in [1.82, 2.24) is 9.36 Å². The highest BCUT2D eigenvalue weighted by Crippen LogP contribution is 2.38. The van der Waals surface area contributed by atoms with Crippen LogP contribution in [0.25, 0.3) is 22.0 Å². The molecule has 5 nitrogen and oxygen atoms in total. The van der Waals surface area contributed by atoms with E-state index in [-0.39, 0.29) is 12.1 Å². The van der Waals surface area contributed by atoms with E-state index >= 15 is 0 Å². The summed E-state index contributed by atoms with van der Waals surface area (Å²) >= 11 is 1.38. The smallest absolute Gasteiger partial charge is 0.173 e. The fraction of sp³-hybridized carbons (Fsp3) is 0.286. The highest BCUT2D eigenvalue weighted by atomic mass is 32.1. The summed E-state index contributed by atoms with van der Waals surface area (Å²) in [5.74, 6) is 1.21. The van der Waals surface area contributed by atoms with E-state index in [1.54, 1.807) is 6.07 Å². The third-order valence-corrected chi connectivity index (χ3v) is 5.44. The molecule has 3 aromatic rings. The number of ether oxygens (including phenoxy) is 1. The number of nitrogens with zero attached hydrogens (tertiary/aromatic N) is 3. The van der Waals surface area contributed by atoms with Crippen molar-refractivity contribution in [2.45, 2.75) is 38.8 Å². The predicted molar refractivity (Wildman–Crippen MR) is 107 cm³/mol. The van der Waals surface area contributed by atoms with Crippen LogP contribution in [0.15, 0.2) is 36.4 Å². The summed E-state index contributed by atoms with van der Waals surface area (Å²) in [6.45, 7) is 3.88. The molecule has 1 heterocycles. The number of nitrogens with two attached hydrogens (primary N) is 1. The molecule has 0 fully saturated rings. The Hall–Kier alpha value is -2.75. The summed E-state index contributed by atoms with van der Waals surface area (Å²) in [4.78, 5) is 4.74. The van der Waals surface area contributed by atoms with E-state index in [4.69, 9.17) is 15.5 Å². The molecule has 1 aromatic heterocycles. The Morgan fingerprint density at radius 1 is 1.30 bits per heavy atom. The SMILES string of the molecule is CC(C)Oc1ccc(-c2nsc(-c3cccc4c3CCC4N)n2)cc1C#N. The molecule has 0 radical (unpaired) electrons. The second-order valence-corrected chi connectivity index (χ2v) is 7.68. The number of nitriles is 1. The molecule has 0 saturated heterocycles. The molecule has 1 aliphatic rings. The molecular weight excluding hydrogens is 356 g/mol. The molecule has 0 bridgehead atoms. The average molecular weight is 376 g/mol. The molecule has 1 unspecified atom stereocenters.